The predicted octanol–water partition coefficient (Wildman–Crippen LogP) is -1.37. The van der Waals surface area contributed by atoms with Gasteiger partial charge in [-0.25, -0.2) is 9.89 Å². The van der Waals surface area contributed by atoms with Crippen molar-refractivity contribution in [2.24, 2.45) is 11.7 Å². The van der Waals surface area contributed by atoms with Crippen molar-refractivity contribution in [2.75, 3.05) is 18.0 Å². The number of aromatic nitrogens is 3. The summed E-state index contributed by atoms with van der Waals surface area (Å²) in [7, 11) is 0. The molecule has 2 atom stereocenters. The van der Waals surface area contributed by atoms with E-state index >= 15 is 0 Å². The summed E-state index contributed by atoms with van der Waals surface area (Å²) < 4.78 is 0. The number of rotatable bonds is 2. The van der Waals surface area contributed by atoms with E-state index in [9.17, 15) is 9.59 Å². The number of hydrogen-bond donors (Lipinski definition) is 3. The molecule has 0 amide bonds. The Bertz CT molecular complexity index is 479. The van der Waals surface area contributed by atoms with Gasteiger partial charge in [-0.2, -0.15) is 0 Å². The average molecular weight is 225 g/mol. The molecule has 1 aromatic heterocycles. The maximum absolute atomic E-state index is 11.6. The summed E-state index contributed by atoms with van der Waals surface area (Å²) >= 11 is 0. The normalized spacial score (nSPS) is 25.0. The molecule has 2 heterocycles. The fraction of sp³-hybridized carbons (Fsp3) is 0.667. The summed E-state index contributed by atoms with van der Waals surface area (Å²) in [6.45, 7) is 3.31. The van der Waals surface area contributed by atoms with E-state index in [1.165, 1.54) is 0 Å². The van der Waals surface area contributed by atoms with Crippen molar-refractivity contribution in [3.05, 3.63) is 20.8 Å². The maximum Gasteiger partial charge on any atom is 0.342 e. The monoisotopic (exact) mass is 225 g/mol. The van der Waals surface area contributed by atoms with Crippen LogP contribution >= 0.6 is 0 Å². The number of hydrogen-bond acceptors (Lipinski definition) is 5. The van der Waals surface area contributed by atoms with E-state index in [1.807, 2.05) is 4.90 Å². The molecule has 0 spiro atoms. The molecular formula is C9H15N5O2. The van der Waals surface area contributed by atoms with E-state index in [4.69, 9.17) is 5.73 Å². The average Bonchev–Trinajstić information content (AvgIpc) is 2.59. The van der Waals surface area contributed by atoms with Gasteiger partial charge in [0.1, 0.15) is 0 Å². The van der Waals surface area contributed by atoms with Gasteiger partial charge >= 0.3 is 5.69 Å². The first-order valence-electron chi connectivity index (χ1n) is 5.29. The molecule has 1 saturated heterocycles. The summed E-state index contributed by atoms with van der Waals surface area (Å²) in [5, 5.41) is 6.02. The molecule has 1 fully saturated rings. The Labute approximate surface area is 91.7 Å². The minimum Gasteiger partial charge on any atom is -0.346 e. The van der Waals surface area contributed by atoms with Crippen LogP contribution < -0.4 is 21.9 Å². The molecule has 1 aromatic rings. The van der Waals surface area contributed by atoms with Crippen molar-refractivity contribution in [2.45, 2.75) is 19.4 Å². The van der Waals surface area contributed by atoms with Gasteiger partial charge in [0.2, 0.25) is 5.82 Å². The van der Waals surface area contributed by atoms with E-state index in [2.05, 4.69) is 22.1 Å². The minimum absolute atomic E-state index is 0.111. The third kappa shape index (κ3) is 1.73. The number of aromatic amines is 2. The second-order valence-electron chi connectivity index (χ2n) is 4.09. The van der Waals surface area contributed by atoms with E-state index in [0.29, 0.717) is 12.5 Å². The van der Waals surface area contributed by atoms with Crippen LogP contribution in [0.25, 0.3) is 0 Å². The zero-order valence-corrected chi connectivity index (χ0v) is 9.06. The Hall–Kier alpha value is -1.63. The first-order valence-corrected chi connectivity index (χ1v) is 5.29. The van der Waals surface area contributed by atoms with Crippen molar-refractivity contribution in [1.82, 2.24) is 15.2 Å². The fourth-order valence-corrected chi connectivity index (χ4v) is 2.17. The van der Waals surface area contributed by atoms with Crippen LogP contribution in [0, 0.1) is 5.92 Å². The number of anilines is 1. The highest BCUT2D eigenvalue weighted by molar-refractivity contribution is 5.38. The van der Waals surface area contributed by atoms with Crippen molar-refractivity contribution in [3.63, 3.8) is 0 Å². The smallest absolute Gasteiger partial charge is 0.342 e. The molecule has 1 aliphatic heterocycles. The van der Waals surface area contributed by atoms with Crippen LogP contribution in [-0.2, 0) is 0 Å². The molecular weight excluding hydrogens is 210 g/mol. The third-order valence-corrected chi connectivity index (χ3v) is 3.09. The topological polar surface area (TPSA) is 108 Å². The predicted molar refractivity (Wildman–Crippen MR) is 59.4 cm³/mol. The molecule has 0 aliphatic carbocycles. The summed E-state index contributed by atoms with van der Waals surface area (Å²) in [5.41, 5.74) is 4.62. The van der Waals surface area contributed by atoms with Gasteiger partial charge in [0, 0.05) is 19.1 Å². The molecule has 16 heavy (non-hydrogen) atoms. The Kier molecular flexibility index (Phi) is 2.78. The van der Waals surface area contributed by atoms with E-state index in [1.54, 1.807) is 0 Å². The minimum atomic E-state index is -0.592. The Morgan fingerprint density at radius 3 is 2.94 bits per heavy atom. The van der Waals surface area contributed by atoms with Gasteiger partial charge < -0.3 is 10.6 Å². The van der Waals surface area contributed by atoms with Crippen LogP contribution in [0.2, 0.25) is 0 Å². The van der Waals surface area contributed by atoms with Crippen LogP contribution in [0.4, 0.5) is 5.82 Å². The second kappa shape index (κ2) is 4.09. The lowest BCUT2D eigenvalue weighted by Crippen LogP contribution is -2.43. The van der Waals surface area contributed by atoms with Gasteiger partial charge in [-0.15, -0.1) is 5.10 Å². The molecule has 0 aromatic carbocycles. The standard InChI is InChI=1S/C9H15N5O2/c1-5-2-3-14(6(5)4-10)7-8(15)11-9(16)13-12-7/h5-6H,2-4,10H2,1H3,(H2,11,13,15,16). The molecule has 88 valence electrons. The lowest BCUT2D eigenvalue weighted by Gasteiger charge is -2.25. The molecule has 2 rings (SSSR count). The van der Waals surface area contributed by atoms with Crippen LogP contribution in [0.1, 0.15) is 13.3 Å². The van der Waals surface area contributed by atoms with Gasteiger partial charge in [-0.05, 0) is 12.3 Å². The summed E-state index contributed by atoms with van der Waals surface area (Å²) in [5.74, 6) is 0.678. The van der Waals surface area contributed by atoms with E-state index < -0.39 is 11.2 Å². The Balaban J connectivity index is 2.37. The van der Waals surface area contributed by atoms with Gasteiger partial charge in [0.05, 0.1) is 0 Å². The summed E-state index contributed by atoms with van der Waals surface area (Å²) in [4.78, 5) is 26.5. The number of nitrogens with two attached hydrogens (primary N) is 1. The van der Waals surface area contributed by atoms with Crippen LogP contribution in [-0.4, -0.2) is 34.3 Å². The maximum atomic E-state index is 11.6. The van der Waals surface area contributed by atoms with Crippen molar-refractivity contribution in [1.29, 1.82) is 0 Å². The van der Waals surface area contributed by atoms with Gasteiger partial charge in [0.15, 0.2) is 0 Å². The number of nitrogens with one attached hydrogen (secondary N) is 2. The molecule has 7 nitrogen and oxygen atoms in total. The molecule has 1 aliphatic rings. The van der Waals surface area contributed by atoms with E-state index in [-0.39, 0.29) is 11.9 Å². The van der Waals surface area contributed by atoms with Crippen LogP contribution in [0.5, 0.6) is 0 Å². The third-order valence-electron chi connectivity index (χ3n) is 3.09. The largest absolute Gasteiger partial charge is 0.346 e. The molecule has 2 unspecified atom stereocenters. The van der Waals surface area contributed by atoms with Crippen molar-refractivity contribution < 1.29 is 0 Å². The lowest BCUT2D eigenvalue weighted by molar-refractivity contribution is 0.515. The zero-order chi connectivity index (χ0) is 11.7. The Morgan fingerprint density at radius 2 is 2.31 bits per heavy atom. The highest BCUT2D eigenvalue weighted by Gasteiger charge is 2.32. The SMILES string of the molecule is CC1CCN(c2n[nH]c(=O)[nH]c2=O)C1CN. The fourth-order valence-electron chi connectivity index (χ4n) is 2.17. The summed E-state index contributed by atoms with van der Waals surface area (Å²) in [6.07, 6.45) is 0.974. The molecule has 0 radical (unpaired) electrons. The Morgan fingerprint density at radius 1 is 1.56 bits per heavy atom. The van der Waals surface area contributed by atoms with Gasteiger partial charge in [-0.3, -0.25) is 9.78 Å². The zero-order valence-electron chi connectivity index (χ0n) is 9.06. The highest BCUT2D eigenvalue weighted by atomic mass is 16.2. The quantitative estimate of drug-likeness (QED) is 0.575. The molecule has 4 N–H and O–H groups in total. The van der Waals surface area contributed by atoms with Gasteiger partial charge in [-0.1, -0.05) is 6.92 Å². The first-order chi connectivity index (χ1) is 7.63. The molecule has 0 saturated carbocycles. The summed E-state index contributed by atoms with van der Waals surface area (Å²) in [6, 6.07) is 0.111. The van der Waals surface area contributed by atoms with Gasteiger partial charge in [0.25, 0.3) is 5.56 Å². The first kappa shape index (κ1) is 10.9. The molecule has 0 bridgehead atoms. The van der Waals surface area contributed by atoms with Crippen molar-refractivity contribution >= 4 is 5.82 Å². The highest BCUT2D eigenvalue weighted by Crippen LogP contribution is 2.25. The second-order valence-corrected chi connectivity index (χ2v) is 4.09. The lowest BCUT2D eigenvalue weighted by atomic mass is 10.0. The van der Waals surface area contributed by atoms with Crippen LogP contribution in [0.3, 0.4) is 0 Å². The van der Waals surface area contributed by atoms with Crippen LogP contribution in [0.15, 0.2) is 9.59 Å². The molecule has 7 heteroatoms. The number of H-pyrrole nitrogens is 2. The van der Waals surface area contributed by atoms with E-state index in [0.717, 1.165) is 13.0 Å². The van der Waals surface area contributed by atoms with Crippen molar-refractivity contribution in [3.8, 4) is 0 Å². The number of nitrogens with zero attached hydrogens (tertiary/aromatic N) is 2.